The minimum Gasteiger partial charge on any atom is -0.462 e. The largest absolute Gasteiger partial charge is 0.462 e. The monoisotopic (exact) mass is 312 g/mol. The smallest absolute Gasteiger partial charge is 0.338 e. The van der Waals surface area contributed by atoms with E-state index in [0.29, 0.717) is 17.9 Å². The number of hydrogen-bond acceptors (Lipinski definition) is 4. The van der Waals surface area contributed by atoms with Crippen molar-refractivity contribution < 1.29 is 14.3 Å². The lowest BCUT2D eigenvalue weighted by molar-refractivity contribution is -0.119. The number of rotatable bonds is 4. The Labute approximate surface area is 130 Å². The first-order chi connectivity index (χ1) is 9.60. The van der Waals surface area contributed by atoms with Crippen LogP contribution in [0.25, 0.3) is 0 Å². The number of amides is 1. The molecule has 1 aliphatic rings. The maximum atomic E-state index is 12.1. The summed E-state index contributed by atoms with van der Waals surface area (Å²) in [5.41, 5.74) is 6.86. The average molecular weight is 313 g/mol. The van der Waals surface area contributed by atoms with Crippen LogP contribution in [0.15, 0.2) is 24.3 Å². The van der Waals surface area contributed by atoms with Gasteiger partial charge in [-0.05, 0) is 44.4 Å². The molecule has 0 aliphatic heterocycles. The van der Waals surface area contributed by atoms with Crippen LogP contribution in [0.3, 0.4) is 0 Å². The molecule has 1 amide bonds. The highest BCUT2D eigenvalue weighted by molar-refractivity contribution is 5.95. The highest BCUT2D eigenvalue weighted by Gasteiger charge is 2.27. The summed E-state index contributed by atoms with van der Waals surface area (Å²) in [6, 6.07) is 6.90. The summed E-state index contributed by atoms with van der Waals surface area (Å²) < 4.78 is 4.93. The third kappa shape index (κ3) is 4.72. The SMILES string of the molecule is CCOC(=O)c1cccc(NC(=O)C2CCC(N)C2)c1.Cl. The lowest BCUT2D eigenvalue weighted by atomic mass is 10.1. The van der Waals surface area contributed by atoms with Gasteiger partial charge < -0.3 is 15.8 Å². The summed E-state index contributed by atoms with van der Waals surface area (Å²) >= 11 is 0. The van der Waals surface area contributed by atoms with Gasteiger partial charge in [0.05, 0.1) is 12.2 Å². The van der Waals surface area contributed by atoms with E-state index in [1.165, 1.54) is 0 Å². The molecule has 0 bridgehead atoms. The standard InChI is InChI=1S/C15H20N2O3.ClH/c1-2-20-15(19)11-4-3-5-13(9-11)17-14(18)10-6-7-12(16)8-10;/h3-5,9-10,12H,2,6-8,16H2,1H3,(H,17,18);1H. The average Bonchev–Trinajstić information content (AvgIpc) is 2.86. The second-order valence-corrected chi connectivity index (χ2v) is 5.06. The van der Waals surface area contributed by atoms with Crippen LogP contribution in [-0.2, 0) is 9.53 Å². The first-order valence-corrected chi connectivity index (χ1v) is 6.93. The molecule has 21 heavy (non-hydrogen) atoms. The van der Waals surface area contributed by atoms with Crippen LogP contribution in [-0.4, -0.2) is 24.5 Å². The highest BCUT2D eigenvalue weighted by atomic mass is 35.5. The van der Waals surface area contributed by atoms with Crippen molar-refractivity contribution in [3.8, 4) is 0 Å². The Morgan fingerprint density at radius 3 is 2.76 bits per heavy atom. The molecule has 1 aromatic carbocycles. The molecular weight excluding hydrogens is 292 g/mol. The van der Waals surface area contributed by atoms with Gasteiger partial charge in [0.2, 0.25) is 5.91 Å². The summed E-state index contributed by atoms with van der Waals surface area (Å²) in [5, 5.41) is 2.84. The fraction of sp³-hybridized carbons (Fsp3) is 0.467. The zero-order valence-electron chi connectivity index (χ0n) is 12.0. The molecule has 1 fully saturated rings. The van der Waals surface area contributed by atoms with Gasteiger partial charge in [0.25, 0.3) is 0 Å². The molecule has 5 nitrogen and oxygen atoms in total. The van der Waals surface area contributed by atoms with E-state index >= 15 is 0 Å². The summed E-state index contributed by atoms with van der Waals surface area (Å²) in [5.74, 6) is -0.443. The van der Waals surface area contributed by atoms with E-state index in [2.05, 4.69) is 5.32 Å². The zero-order valence-corrected chi connectivity index (χ0v) is 12.8. The van der Waals surface area contributed by atoms with Crippen LogP contribution in [0.5, 0.6) is 0 Å². The molecular formula is C15H21ClN2O3. The number of nitrogens with one attached hydrogen (secondary N) is 1. The van der Waals surface area contributed by atoms with Crippen molar-refractivity contribution >= 4 is 30.0 Å². The Balaban J connectivity index is 0.00000220. The van der Waals surface area contributed by atoms with Crippen LogP contribution in [0.1, 0.15) is 36.5 Å². The predicted octanol–water partition coefficient (Wildman–Crippen LogP) is 2.35. The number of hydrogen-bond donors (Lipinski definition) is 2. The van der Waals surface area contributed by atoms with Crippen molar-refractivity contribution in [2.45, 2.75) is 32.2 Å². The number of nitrogens with two attached hydrogens (primary N) is 1. The van der Waals surface area contributed by atoms with Crippen LogP contribution < -0.4 is 11.1 Å². The van der Waals surface area contributed by atoms with Gasteiger partial charge in [-0.3, -0.25) is 4.79 Å². The molecule has 2 atom stereocenters. The quantitative estimate of drug-likeness (QED) is 0.836. The molecule has 0 heterocycles. The Hall–Kier alpha value is -1.59. The summed E-state index contributed by atoms with van der Waals surface area (Å²) in [4.78, 5) is 23.7. The van der Waals surface area contributed by atoms with Crippen LogP contribution in [0, 0.1) is 5.92 Å². The predicted molar refractivity (Wildman–Crippen MR) is 83.6 cm³/mol. The molecule has 0 saturated heterocycles. The van der Waals surface area contributed by atoms with Crippen molar-refractivity contribution in [3.05, 3.63) is 29.8 Å². The van der Waals surface area contributed by atoms with E-state index in [-0.39, 0.29) is 36.2 Å². The fourth-order valence-electron chi connectivity index (χ4n) is 2.44. The van der Waals surface area contributed by atoms with Crippen LogP contribution >= 0.6 is 12.4 Å². The van der Waals surface area contributed by atoms with Gasteiger partial charge >= 0.3 is 5.97 Å². The number of ether oxygens (including phenoxy) is 1. The Morgan fingerprint density at radius 2 is 2.14 bits per heavy atom. The van der Waals surface area contributed by atoms with Crippen LogP contribution in [0.2, 0.25) is 0 Å². The maximum absolute atomic E-state index is 12.1. The lowest BCUT2D eigenvalue weighted by Crippen LogP contribution is -2.23. The van der Waals surface area contributed by atoms with Crippen molar-refractivity contribution in [2.24, 2.45) is 11.7 Å². The summed E-state index contributed by atoms with van der Waals surface area (Å²) in [6.07, 6.45) is 2.44. The Morgan fingerprint density at radius 1 is 1.38 bits per heavy atom. The van der Waals surface area contributed by atoms with Crippen molar-refractivity contribution in [2.75, 3.05) is 11.9 Å². The third-order valence-corrected chi connectivity index (χ3v) is 3.49. The van der Waals surface area contributed by atoms with Gasteiger partial charge in [-0.25, -0.2) is 4.79 Å². The highest BCUT2D eigenvalue weighted by Crippen LogP contribution is 2.25. The number of carbonyl (C=O) groups excluding carboxylic acids is 2. The normalized spacial score (nSPS) is 20.5. The number of carbonyl (C=O) groups is 2. The van der Waals surface area contributed by atoms with Gasteiger partial charge in [0.15, 0.2) is 0 Å². The minimum absolute atomic E-state index is 0. The molecule has 0 spiro atoms. The molecule has 1 aliphatic carbocycles. The molecule has 116 valence electrons. The molecule has 2 rings (SSSR count). The second kappa shape index (κ2) is 8.00. The topological polar surface area (TPSA) is 81.4 Å². The molecule has 3 N–H and O–H groups in total. The number of halogens is 1. The fourth-order valence-corrected chi connectivity index (χ4v) is 2.44. The molecule has 6 heteroatoms. The third-order valence-electron chi connectivity index (χ3n) is 3.49. The van der Waals surface area contributed by atoms with Crippen molar-refractivity contribution in [3.63, 3.8) is 0 Å². The summed E-state index contributed by atoms with van der Waals surface area (Å²) in [7, 11) is 0. The molecule has 1 saturated carbocycles. The van der Waals surface area contributed by atoms with E-state index in [0.717, 1.165) is 19.3 Å². The Kier molecular flexibility index (Phi) is 6.65. The van der Waals surface area contributed by atoms with Crippen molar-refractivity contribution in [1.29, 1.82) is 0 Å². The molecule has 1 aromatic rings. The maximum Gasteiger partial charge on any atom is 0.338 e. The van der Waals surface area contributed by atoms with Gasteiger partial charge in [-0.2, -0.15) is 0 Å². The Bertz CT molecular complexity index is 507. The molecule has 2 unspecified atom stereocenters. The molecule has 0 aromatic heterocycles. The van der Waals surface area contributed by atoms with E-state index < -0.39 is 0 Å². The van der Waals surface area contributed by atoms with Gasteiger partial charge in [-0.1, -0.05) is 6.07 Å². The number of benzene rings is 1. The number of anilines is 1. The van der Waals surface area contributed by atoms with E-state index in [1.54, 1.807) is 31.2 Å². The van der Waals surface area contributed by atoms with Crippen molar-refractivity contribution in [1.82, 2.24) is 0 Å². The minimum atomic E-state index is -0.383. The zero-order chi connectivity index (χ0) is 14.5. The lowest BCUT2D eigenvalue weighted by Gasteiger charge is -2.11. The van der Waals surface area contributed by atoms with E-state index in [1.807, 2.05) is 0 Å². The second-order valence-electron chi connectivity index (χ2n) is 5.06. The van der Waals surface area contributed by atoms with Gasteiger partial charge in [-0.15, -0.1) is 12.4 Å². The first kappa shape index (κ1) is 17.5. The van der Waals surface area contributed by atoms with Gasteiger partial charge in [0, 0.05) is 17.6 Å². The summed E-state index contributed by atoms with van der Waals surface area (Å²) in [6.45, 7) is 2.09. The van der Waals surface area contributed by atoms with E-state index in [9.17, 15) is 9.59 Å². The van der Waals surface area contributed by atoms with Gasteiger partial charge in [0.1, 0.15) is 0 Å². The number of esters is 1. The first-order valence-electron chi connectivity index (χ1n) is 6.93. The van der Waals surface area contributed by atoms with E-state index in [4.69, 9.17) is 10.5 Å². The van der Waals surface area contributed by atoms with Crippen LogP contribution in [0.4, 0.5) is 5.69 Å². The molecule has 0 radical (unpaired) electrons.